The van der Waals surface area contributed by atoms with Crippen LogP contribution in [-0.4, -0.2) is 23.4 Å². The Bertz CT molecular complexity index is 1320. The zero-order valence-corrected chi connectivity index (χ0v) is 22.5. The van der Waals surface area contributed by atoms with Gasteiger partial charge in [-0.05, 0) is 33.4 Å². The molecule has 0 saturated carbocycles. The lowest BCUT2D eigenvalue weighted by atomic mass is 9.91. The van der Waals surface area contributed by atoms with Crippen LogP contribution in [0.4, 0.5) is 0 Å². The van der Waals surface area contributed by atoms with Crippen LogP contribution < -0.4 is 10.6 Å². The highest BCUT2D eigenvalue weighted by molar-refractivity contribution is 5.40. The smallest absolute Gasteiger partial charge is 0.0626 e. The Balaban J connectivity index is 1.53. The van der Waals surface area contributed by atoms with Crippen molar-refractivity contribution in [2.45, 2.75) is 24.2 Å². The van der Waals surface area contributed by atoms with Crippen LogP contribution in [0.5, 0.6) is 0 Å². The highest BCUT2D eigenvalue weighted by Crippen LogP contribution is 2.31. The van der Waals surface area contributed by atoms with E-state index in [0.29, 0.717) is 0 Å². The fourth-order valence-electron chi connectivity index (χ4n) is 5.26. The molecule has 0 aliphatic rings. The molecule has 40 heavy (non-hydrogen) atoms. The Kier molecular flexibility index (Phi) is 9.51. The summed E-state index contributed by atoms with van der Waals surface area (Å²) >= 11 is 0. The number of aliphatic hydroxyl groups excluding tert-OH is 2. The third-order valence-corrected chi connectivity index (χ3v) is 7.35. The van der Waals surface area contributed by atoms with Crippen molar-refractivity contribution < 1.29 is 10.2 Å². The Morgan fingerprint density at radius 3 is 1.00 bits per heavy atom. The summed E-state index contributed by atoms with van der Waals surface area (Å²) in [5, 5.41) is 28.2. The van der Waals surface area contributed by atoms with Crippen molar-refractivity contribution in [1.29, 1.82) is 0 Å². The Labute approximate surface area is 237 Å². The van der Waals surface area contributed by atoms with Gasteiger partial charge in [0.2, 0.25) is 0 Å². The van der Waals surface area contributed by atoms with E-state index in [4.69, 9.17) is 0 Å². The Morgan fingerprint density at radius 2 is 0.675 bits per heavy atom. The summed E-state index contributed by atoms with van der Waals surface area (Å²) in [7, 11) is 0. The minimum Gasteiger partial charge on any atom is -0.394 e. The van der Waals surface area contributed by atoms with E-state index in [1.54, 1.807) is 0 Å². The minimum atomic E-state index is -0.227. The molecule has 0 aliphatic heterocycles. The number of nitrogens with one attached hydrogen (secondary N) is 2. The lowest BCUT2D eigenvalue weighted by molar-refractivity contribution is 0.237. The molecule has 0 aromatic heterocycles. The van der Waals surface area contributed by atoms with Crippen LogP contribution in [0.2, 0.25) is 0 Å². The molecule has 0 unspecified atom stereocenters. The predicted octanol–water partition coefficient (Wildman–Crippen LogP) is 6.51. The van der Waals surface area contributed by atoms with Crippen molar-refractivity contribution in [3.8, 4) is 0 Å². The number of rotatable bonds is 12. The van der Waals surface area contributed by atoms with Gasteiger partial charge in [0, 0.05) is 0 Å². The van der Waals surface area contributed by atoms with Gasteiger partial charge in [-0.15, -0.1) is 0 Å². The normalized spacial score (nSPS) is 14.2. The van der Waals surface area contributed by atoms with Crippen molar-refractivity contribution in [1.82, 2.24) is 10.6 Å². The summed E-state index contributed by atoms with van der Waals surface area (Å²) in [5.74, 6) is 0. The average Bonchev–Trinajstić information content (AvgIpc) is 3.04. The topological polar surface area (TPSA) is 64.5 Å². The van der Waals surface area contributed by atoms with E-state index in [2.05, 4.69) is 59.2 Å². The van der Waals surface area contributed by atoms with E-state index in [-0.39, 0.29) is 37.4 Å². The van der Waals surface area contributed by atoms with E-state index in [1.807, 2.05) is 97.1 Å². The van der Waals surface area contributed by atoms with Crippen LogP contribution in [0.15, 0.2) is 146 Å². The Hall–Kier alpha value is -4.06. The van der Waals surface area contributed by atoms with Crippen LogP contribution in [-0.2, 0) is 0 Å². The summed E-state index contributed by atoms with van der Waals surface area (Å²) in [5.41, 5.74) is 6.52. The molecule has 0 heterocycles. The fourth-order valence-corrected chi connectivity index (χ4v) is 5.26. The van der Waals surface area contributed by atoms with E-state index >= 15 is 0 Å². The zero-order chi connectivity index (χ0) is 27.6. The highest BCUT2D eigenvalue weighted by atomic mass is 16.3. The lowest BCUT2D eigenvalue weighted by Gasteiger charge is -2.29. The first-order chi connectivity index (χ1) is 19.8. The van der Waals surface area contributed by atoms with Gasteiger partial charge in [-0.1, -0.05) is 146 Å². The minimum absolute atomic E-state index is 0.0174. The molecule has 4 N–H and O–H groups in total. The average molecular weight is 529 g/mol. The molecule has 0 bridgehead atoms. The first-order valence-electron chi connectivity index (χ1n) is 13.8. The Morgan fingerprint density at radius 1 is 0.375 bits per heavy atom. The SMILES string of the molecule is OC[C@H](N[C@H](c1ccccc1)c1cccc([C@H](N[C@@H](CO)c2ccccc2)c2ccccc2)c1)c1ccccc1. The summed E-state index contributed by atoms with van der Waals surface area (Å²) in [4.78, 5) is 0. The van der Waals surface area contributed by atoms with Crippen LogP contribution in [0.1, 0.15) is 57.5 Å². The molecular formula is C36H36N2O2. The van der Waals surface area contributed by atoms with Gasteiger partial charge in [-0.2, -0.15) is 0 Å². The first kappa shape index (κ1) is 27.5. The van der Waals surface area contributed by atoms with E-state index in [9.17, 15) is 10.2 Å². The highest BCUT2D eigenvalue weighted by Gasteiger charge is 2.23. The van der Waals surface area contributed by atoms with Crippen LogP contribution in [0, 0.1) is 0 Å². The molecule has 4 nitrogen and oxygen atoms in total. The van der Waals surface area contributed by atoms with Crippen molar-refractivity contribution in [3.63, 3.8) is 0 Å². The van der Waals surface area contributed by atoms with Gasteiger partial charge in [0.05, 0.1) is 37.4 Å². The molecule has 4 atom stereocenters. The van der Waals surface area contributed by atoms with Gasteiger partial charge in [0.1, 0.15) is 0 Å². The summed E-state index contributed by atoms with van der Waals surface area (Å²) in [6.45, 7) is -0.0347. The van der Waals surface area contributed by atoms with Gasteiger partial charge in [-0.3, -0.25) is 10.6 Å². The van der Waals surface area contributed by atoms with Gasteiger partial charge < -0.3 is 10.2 Å². The molecule has 202 valence electrons. The van der Waals surface area contributed by atoms with E-state index < -0.39 is 0 Å². The number of hydrogen-bond donors (Lipinski definition) is 4. The quantitative estimate of drug-likeness (QED) is 0.149. The second-order valence-electron chi connectivity index (χ2n) is 9.98. The third-order valence-electron chi connectivity index (χ3n) is 7.35. The summed E-state index contributed by atoms with van der Waals surface area (Å²) in [6.07, 6.45) is 0. The molecule has 0 radical (unpaired) electrons. The van der Waals surface area contributed by atoms with Gasteiger partial charge in [-0.25, -0.2) is 0 Å². The van der Waals surface area contributed by atoms with Crippen molar-refractivity contribution in [2.75, 3.05) is 13.2 Å². The van der Waals surface area contributed by atoms with Gasteiger partial charge >= 0.3 is 0 Å². The van der Waals surface area contributed by atoms with Gasteiger partial charge in [0.15, 0.2) is 0 Å². The molecule has 5 rings (SSSR count). The van der Waals surface area contributed by atoms with Crippen molar-refractivity contribution in [3.05, 3.63) is 179 Å². The second-order valence-corrected chi connectivity index (χ2v) is 9.98. The number of hydrogen-bond acceptors (Lipinski definition) is 4. The molecule has 0 aliphatic carbocycles. The molecule has 0 spiro atoms. The fraction of sp³-hybridized carbons (Fsp3) is 0.167. The second kappa shape index (κ2) is 13.8. The summed E-state index contributed by atoms with van der Waals surface area (Å²) in [6, 6.07) is 48.7. The molecule has 5 aromatic carbocycles. The van der Waals surface area contributed by atoms with Crippen molar-refractivity contribution >= 4 is 0 Å². The van der Waals surface area contributed by atoms with E-state index in [1.165, 1.54) is 0 Å². The monoisotopic (exact) mass is 528 g/mol. The largest absolute Gasteiger partial charge is 0.394 e. The third kappa shape index (κ3) is 6.74. The predicted molar refractivity (Wildman–Crippen MR) is 162 cm³/mol. The maximum atomic E-state index is 10.4. The molecular weight excluding hydrogens is 492 g/mol. The van der Waals surface area contributed by atoms with Crippen LogP contribution in [0.25, 0.3) is 0 Å². The standard InChI is InChI=1S/C36H36N2O2/c39-25-33(27-14-5-1-6-15-27)37-35(29-18-9-3-10-19-29)31-22-13-23-32(24-31)36(30-20-11-4-12-21-30)38-34(26-40)28-16-7-2-8-17-28/h1-24,33-40H,25-26H2/t33-,34-,35+,36+/m0/s1. The zero-order valence-electron chi connectivity index (χ0n) is 22.5. The number of benzene rings is 5. The first-order valence-corrected chi connectivity index (χ1v) is 13.8. The van der Waals surface area contributed by atoms with Gasteiger partial charge in [0.25, 0.3) is 0 Å². The molecule has 4 heteroatoms. The van der Waals surface area contributed by atoms with Crippen molar-refractivity contribution in [2.24, 2.45) is 0 Å². The molecule has 0 amide bonds. The molecule has 5 aromatic rings. The summed E-state index contributed by atoms with van der Waals surface area (Å²) < 4.78 is 0. The number of aliphatic hydroxyl groups is 2. The molecule has 0 fully saturated rings. The van der Waals surface area contributed by atoms with Crippen LogP contribution >= 0.6 is 0 Å². The lowest BCUT2D eigenvalue weighted by Crippen LogP contribution is -2.31. The molecule has 0 saturated heterocycles. The maximum Gasteiger partial charge on any atom is 0.0626 e. The van der Waals surface area contributed by atoms with E-state index in [0.717, 1.165) is 33.4 Å². The van der Waals surface area contributed by atoms with Crippen LogP contribution in [0.3, 0.4) is 0 Å². The maximum absolute atomic E-state index is 10.4.